The minimum Gasteiger partial charge on any atom is -0.361 e. The van der Waals surface area contributed by atoms with Crippen LogP contribution in [0.25, 0.3) is 98.1 Å². The number of nitro groups is 6. The lowest BCUT2D eigenvalue weighted by atomic mass is 10.0. The molecule has 0 amide bonds. The summed E-state index contributed by atoms with van der Waals surface area (Å²) >= 11 is 0. The number of non-ortho nitro benzene ring substituents is 6. The van der Waals surface area contributed by atoms with E-state index in [0.717, 1.165) is 49.8 Å². The van der Waals surface area contributed by atoms with Gasteiger partial charge in [-0.3, -0.25) is 65.8 Å². The lowest BCUT2D eigenvalue weighted by Gasteiger charge is -2.13. The van der Waals surface area contributed by atoms with Gasteiger partial charge in [0.1, 0.15) is 5.39 Å². The van der Waals surface area contributed by atoms with Crippen LogP contribution in [0.15, 0.2) is 195 Å². The highest BCUT2D eigenvalue weighted by Crippen LogP contribution is 2.42. The number of H-pyrrole nitrogens is 3. The molecule has 6 aromatic heterocycles. The molecular formula is C62H38N16O12. The lowest BCUT2D eigenvalue weighted by molar-refractivity contribution is -0.384. The highest BCUT2D eigenvalue weighted by Gasteiger charge is 2.23. The molecule has 6 heterocycles. The van der Waals surface area contributed by atoms with E-state index in [0.29, 0.717) is 82.5 Å². The molecule has 0 spiro atoms. The zero-order valence-corrected chi connectivity index (χ0v) is 45.8. The first-order valence-electron chi connectivity index (χ1n) is 26.9. The molecular weight excluding hydrogens is 1160 g/mol. The Morgan fingerprint density at radius 1 is 0.333 bits per heavy atom. The van der Waals surface area contributed by atoms with Gasteiger partial charge in [0, 0.05) is 150 Å². The smallest absolute Gasteiger partial charge is 0.280 e. The topological polar surface area (TPSA) is 394 Å². The summed E-state index contributed by atoms with van der Waals surface area (Å²) in [5.41, 5.74) is 8.61. The van der Waals surface area contributed by atoms with Gasteiger partial charge >= 0.3 is 0 Å². The monoisotopic (exact) mass is 1200 g/mol. The minimum absolute atomic E-state index is 0.0922. The van der Waals surface area contributed by atoms with Crippen LogP contribution in [0, 0.1) is 60.7 Å². The van der Waals surface area contributed by atoms with Crippen LogP contribution in [0.2, 0.25) is 0 Å². The maximum Gasteiger partial charge on any atom is 0.280 e. The van der Waals surface area contributed by atoms with Gasteiger partial charge in [-0.15, -0.1) is 0 Å². The van der Waals surface area contributed by atoms with Gasteiger partial charge in [-0.05, 0) is 103 Å². The number of aromatic amines is 3. The number of benzene rings is 9. The van der Waals surface area contributed by atoms with E-state index < -0.39 is 29.5 Å². The van der Waals surface area contributed by atoms with Crippen LogP contribution in [-0.4, -0.2) is 64.7 Å². The summed E-state index contributed by atoms with van der Waals surface area (Å²) < 4.78 is 0. The standard InChI is InChI=1S/2C21H13N5O4.C20H12N6O4/c27-25(28)14-2-4-16-19(10-14)24-20-11-15(26(29)30)3-5-17(20)21(16)23-13-1-6-18-12(9-13)7-8-22-18;27-25(28)14-5-6-15-18(11-14)24-17-2-1-3-19(26(29)30)20(17)21(15)23-13-4-7-16-12(10-13)8-9-22-16;27-25(28)13-2-4-15-18(8-13)23-19-9-14(26(29)30)3-5-16(19)20(15)22-12-1-6-17-11(7-12)10-21-24-17/h2*1-11,22H,(H,23,24);1-10H,(H,21,24)(H,22,23). The average molecular weight is 1200 g/mol. The first-order valence-corrected chi connectivity index (χ1v) is 26.9. The molecule has 0 unspecified atom stereocenters. The van der Waals surface area contributed by atoms with Crippen molar-refractivity contribution < 1.29 is 29.5 Å². The van der Waals surface area contributed by atoms with Crippen molar-refractivity contribution in [1.82, 2.24) is 35.1 Å². The van der Waals surface area contributed by atoms with Gasteiger partial charge in [-0.2, -0.15) is 5.10 Å². The fourth-order valence-corrected chi connectivity index (χ4v) is 10.6. The maximum atomic E-state index is 11.7. The van der Waals surface area contributed by atoms with Crippen molar-refractivity contribution in [2.24, 2.45) is 0 Å². The number of hydrogen-bond acceptors (Lipinski definition) is 19. The van der Waals surface area contributed by atoms with Crippen molar-refractivity contribution in [1.29, 1.82) is 0 Å². The molecule has 6 N–H and O–H groups in total. The molecule has 0 aliphatic heterocycles. The quantitative estimate of drug-likeness (QED) is 0.0376. The second kappa shape index (κ2) is 22.4. The summed E-state index contributed by atoms with van der Waals surface area (Å²) in [6.07, 6.45) is 5.38. The van der Waals surface area contributed by atoms with Crippen molar-refractivity contribution in [3.8, 4) is 0 Å². The first-order chi connectivity index (χ1) is 43.5. The number of fused-ring (bicyclic) bond motifs is 9. The second-order valence-electron chi connectivity index (χ2n) is 20.3. The van der Waals surface area contributed by atoms with E-state index in [1.807, 2.05) is 79.1 Å². The number of pyridine rings is 3. The number of hydrogen-bond donors (Lipinski definition) is 6. The first kappa shape index (κ1) is 55.5. The summed E-state index contributed by atoms with van der Waals surface area (Å²) in [6, 6.07) is 47.6. The van der Waals surface area contributed by atoms with Crippen molar-refractivity contribution >= 4 is 166 Å². The number of nitrogens with zero attached hydrogens (tertiary/aromatic N) is 10. The largest absolute Gasteiger partial charge is 0.361 e. The van der Waals surface area contributed by atoms with Crippen LogP contribution in [0.3, 0.4) is 0 Å². The van der Waals surface area contributed by atoms with E-state index >= 15 is 0 Å². The fourth-order valence-electron chi connectivity index (χ4n) is 10.6. The highest BCUT2D eigenvalue weighted by atomic mass is 16.6. The van der Waals surface area contributed by atoms with Crippen LogP contribution in [0.5, 0.6) is 0 Å². The molecule has 90 heavy (non-hydrogen) atoms. The van der Waals surface area contributed by atoms with E-state index in [9.17, 15) is 60.7 Å². The molecule has 0 atom stereocenters. The van der Waals surface area contributed by atoms with E-state index in [2.05, 4.69) is 51.1 Å². The fraction of sp³-hybridized carbons (Fsp3) is 0. The average Bonchev–Trinajstić information content (AvgIpc) is 0.966. The summed E-state index contributed by atoms with van der Waals surface area (Å²) in [7, 11) is 0. The van der Waals surface area contributed by atoms with Crippen LogP contribution >= 0.6 is 0 Å². The molecule has 28 heteroatoms. The SMILES string of the molecule is O=[N+]([O-])c1ccc2c(Nc3ccc4[nH]ccc4c3)c3c([N+](=O)[O-])cccc3nc2c1.O=[N+]([O-])c1ccc2c(Nc3ccc4[nH]ccc4c3)c3ccc([N+](=O)[O-])cc3nc2c1.O=[N+]([O-])c1ccc2c(Nc3ccc4[nH]ncc4c3)c3ccc([N+](=O)[O-])cc3nc2c1. The van der Waals surface area contributed by atoms with Gasteiger partial charge in [0.25, 0.3) is 34.1 Å². The molecule has 0 radical (unpaired) electrons. The second-order valence-corrected chi connectivity index (χ2v) is 20.3. The molecule has 0 saturated carbocycles. The molecule has 9 aromatic carbocycles. The summed E-state index contributed by atoms with van der Waals surface area (Å²) in [5.74, 6) is 0. The molecule has 438 valence electrons. The Kier molecular flexibility index (Phi) is 13.8. The number of aromatic nitrogens is 7. The number of nitro benzene ring substituents is 6. The highest BCUT2D eigenvalue weighted by molar-refractivity contribution is 6.14. The predicted octanol–water partition coefficient (Wildman–Crippen LogP) is 15.7. The van der Waals surface area contributed by atoms with Crippen LogP contribution in [0.4, 0.5) is 68.2 Å². The Balaban J connectivity index is 0.000000124. The van der Waals surface area contributed by atoms with E-state index in [1.165, 1.54) is 66.7 Å². The summed E-state index contributed by atoms with van der Waals surface area (Å²) in [6.45, 7) is 0. The van der Waals surface area contributed by atoms with E-state index in [4.69, 9.17) is 0 Å². The zero-order chi connectivity index (χ0) is 62.5. The van der Waals surface area contributed by atoms with Crippen LogP contribution < -0.4 is 16.0 Å². The molecule has 28 nitrogen and oxygen atoms in total. The number of anilines is 6. The van der Waals surface area contributed by atoms with Crippen LogP contribution in [-0.2, 0) is 0 Å². The van der Waals surface area contributed by atoms with Gasteiger partial charge in [0.2, 0.25) is 0 Å². The van der Waals surface area contributed by atoms with Crippen molar-refractivity contribution in [2.75, 3.05) is 16.0 Å². The molecule has 15 aromatic rings. The third-order valence-electron chi connectivity index (χ3n) is 14.9. The lowest BCUT2D eigenvalue weighted by Crippen LogP contribution is -1.99. The van der Waals surface area contributed by atoms with Gasteiger partial charge in [0.05, 0.1) is 91.4 Å². The van der Waals surface area contributed by atoms with Crippen molar-refractivity contribution in [3.63, 3.8) is 0 Å². The Hall–Kier alpha value is -13.7. The molecule has 15 rings (SSSR count). The Morgan fingerprint density at radius 3 is 1.08 bits per heavy atom. The minimum atomic E-state index is -0.501. The molecule has 0 bridgehead atoms. The predicted molar refractivity (Wildman–Crippen MR) is 340 cm³/mol. The summed E-state index contributed by atoms with van der Waals surface area (Å²) in [5, 5.41) is 91.1. The van der Waals surface area contributed by atoms with Crippen molar-refractivity contribution in [3.05, 3.63) is 255 Å². The third kappa shape index (κ3) is 10.6. The number of rotatable bonds is 12. The Labute approximate surface area is 500 Å². The van der Waals surface area contributed by atoms with Gasteiger partial charge in [-0.25, -0.2) is 15.0 Å². The van der Waals surface area contributed by atoms with Crippen LogP contribution in [0.1, 0.15) is 0 Å². The number of nitrogens with one attached hydrogen (secondary N) is 6. The summed E-state index contributed by atoms with van der Waals surface area (Å²) in [4.78, 5) is 84.3. The third-order valence-corrected chi connectivity index (χ3v) is 14.9. The Morgan fingerprint density at radius 2 is 0.689 bits per heavy atom. The van der Waals surface area contributed by atoms with Crippen molar-refractivity contribution in [2.45, 2.75) is 0 Å². The molecule has 0 fully saturated rings. The molecule has 0 aliphatic rings. The maximum absolute atomic E-state index is 11.7. The van der Waals surface area contributed by atoms with Gasteiger partial charge < -0.3 is 25.9 Å². The molecule has 0 saturated heterocycles. The van der Waals surface area contributed by atoms with Gasteiger partial charge in [0.15, 0.2) is 0 Å². The van der Waals surface area contributed by atoms with E-state index in [1.54, 1.807) is 48.7 Å². The van der Waals surface area contributed by atoms with E-state index in [-0.39, 0.29) is 34.1 Å². The van der Waals surface area contributed by atoms with Gasteiger partial charge in [-0.1, -0.05) is 6.07 Å². The normalized spacial score (nSPS) is 11.2. The molecule has 0 aliphatic carbocycles. The Bertz CT molecular complexity index is 5130. The zero-order valence-electron chi connectivity index (χ0n) is 45.8.